The summed E-state index contributed by atoms with van der Waals surface area (Å²) in [5, 5.41) is 14.9. The lowest BCUT2D eigenvalue weighted by atomic mass is 9.83. The summed E-state index contributed by atoms with van der Waals surface area (Å²) in [6.45, 7) is 15.5. The van der Waals surface area contributed by atoms with Crippen LogP contribution in [0.4, 0.5) is 10.5 Å². The van der Waals surface area contributed by atoms with Crippen molar-refractivity contribution in [1.29, 1.82) is 0 Å². The number of carbonyl (C=O) groups excluding carboxylic acids is 4. The van der Waals surface area contributed by atoms with Crippen molar-refractivity contribution in [2.24, 2.45) is 5.92 Å². The molecule has 15 heteroatoms. The number of amides is 3. The second kappa shape index (κ2) is 18.1. The van der Waals surface area contributed by atoms with Gasteiger partial charge in [0.05, 0.1) is 25.3 Å². The summed E-state index contributed by atoms with van der Waals surface area (Å²) in [7, 11) is 6.09. The highest BCUT2D eigenvalue weighted by Crippen LogP contribution is 2.49. The number of ether oxygens (including phenoxy) is 5. The van der Waals surface area contributed by atoms with Crippen LogP contribution < -0.4 is 15.0 Å². The van der Waals surface area contributed by atoms with E-state index in [1.165, 1.54) is 24.0 Å². The third-order valence-corrected chi connectivity index (χ3v) is 12.7. The Balaban J connectivity index is 1.70. The van der Waals surface area contributed by atoms with Crippen LogP contribution in [-0.4, -0.2) is 114 Å². The summed E-state index contributed by atoms with van der Waals surface area (Å²) in [5.74, 6) is -1.49. The van der Waals surface area contributed by atoms with Crippen LogP contribution >= 0.6 is 23.4 Å². The molecule has 2 saturated heterocycles. The van der Waals surface area contributed by atoms with E-state index in [4.69, 9.17) is 35.3 Å². The summed E-state index contributed by atoms with van der Waals surface area (Å²) in [6.07, 6.45) is 1.85. The number of methoxy groups -OCH3 is 2. The second-order valence-corrected chi connectivity index (χ2v) is 19.0. The molecule has 0 radical (unpaired) electrons. The molecule has 1 aromatic carbocycles. The first-order valence-corrected chi connectivity index (χ1v) is 20.3. The van der Waals surface area contributed by atoms with Gasteiger partial charge in [0.2, 0.25) is 11.8 Å². The molecule has 0 saturated carbocycles. The molecule has 2 N–H and O–H groups in total. The SMILES string of the molecule is COc1cc2cc(c1Cl)N(C)C(=O)CC(OC(=O)[C@H](C)N(C)C(=O)CCC(C)(C)SC(C)C)C1(C)OC1C(C)C1CC(O)(NC(=O)O1)C(OC)/C=C/C=C(\C)C2. The van der Waals surface area contributed by atoms with Gasteiger partial charge in [-0.3, -0.25) is 14.9 Å². The normalized spacial score (nSPS) is 30.6. The van der Waals surface area contributed by atoms with Crippen molar-refractivity contribution in [2.45, 2.75) is 139 Å². The van der Waals surface area contributed by atoms with Crippen LogP contribution in [0, 0.1) is 5.92 Å². The van der Waals surface area contributed by atoms with Gasteiger partial charge in [0.1, 0.15) is 40.7 Å². The molecule has 3 amide bonds. The van der Waals surface area contributed by atoms with Crippen LogP contribution in [0.1, 0.15) is 86.6 Å². The van der Waals surface area contributed by atoms with Gasteiger partial charge >= 0.3 is 12.1 Å². The van der Waals surface area contributed by atoms with Gasteiger partial charge in [-0.1, -0.05) is 70.0 Å². The zero-order valence-electron chi connectivity index (χ0n) is 34.8. The van der Waals surface area contributed by atoms with Crippen LogP contribution in [0.3, 0.4) is 0 Å². The van der Waals surface area contributed by atoms with Gasteiger partial charge in [-0.2, -0.15) is 11.8 Å². The molecular weight excluding hydrogens is 762 g/mol. The lowest BCUT2D eigenvalue weighted by Gasteiger charge is -2.42. The lowest BCUT2D eigenvalue weighted by Crippen LogP contribution is -2.63. The fourth-order valence-electron chi connectivity index (χ4n) is 7.50. The van der Waals surface area contributed by atoms with Crippen molar-refractivity contribution in [1.82, 2.24) is 10.2 Å². The number of epoxide rings is 1. The number of likely N-dealkylation sites (N-methyl/N-ethyl adjacent to an activating group) is 1. The Hall–Kier alpha value is -3.30. The lowest BCUT2D eigenvalue weighted by molar-refractivity contribution is -0.162. The number of anilines is 1. The van der Waals surface area contributed by atoms with E-state index in [2.05, 4.69) is 33.0 Å². The molecule has 13 nitrogen and oxygen atoms in total. The van der Waals surface area contributed by atoms with Crippen molar-refractivity contribution in [3.63, 3.8) is 0 Å². The maximum Gasteiger partial charge on any atom is 0.409 e. The van der Waals surface area contributed by atoms with E-state index in [-0.39, 0.29) is 34.9 Å². The standard InChI is InChI=1S/C41H60ClN3O10S/c1-23(2)56-39(6,7)17-16-33(46)44(9)26(5)37(48)54-32-21-34(47)45(10)28-19-27(20-29(51-11)35(28)42)18-24(3)14-13-15-31(52-12)41(50)22-30(53-38(49)43-41)25(4)36-40(32,8)55-36/h13-15,19-20,23,25-26,30-32,36,50H,16-18,21-22H2,1-12H3,(H,43,49)/b15-13+,24-14+/t25?,26-,30?,31?,32?,36?,40?,41?/m0/s1. The minimum absolute atomic E-state index is 0.0476. The Morgan fingerprint density at radius 2 is 1.89 bits per heavy atom. The van der Waals surface area contributed by atoms with E-state index in [0.29, 0.717) is 29.5 Å². The van der Waals surface area contributed by atoms with Crippen LogP contribution in [0.5, 0.6) is 5.75 Å². The van der Waals surface area contributed by atoms with Crippen molar-refractivity contribution in [2.75, 3.05) is 33.2 Å². The summed E-state index contributed by atoms with van der Waals surface area (Å²) in [6, 6.07) is 2.63. The molecule has 312 valence electrons. The average molecular weight is 822 g/mol. The van der Waals surface area contributed by atoms with Crippen LogP contribution in [0.25, 0.3) is 0 Å². The highest BCUT2D eigenvalue weighted by molar-refractivity contribution is 8.01. The van der Waals surface area contributed by atoms with E-state index >= 15 is 0 Å². The summed E-state index contributed by atoms with van der Waals surface area (Å²) in [4.78, 5) is 57.1. The molecule has 0 aromatic heterocycles. The Kier molecular flexibility index (Phi) is 14.7. The number of aliphatic hydroxyl groups is 1. The Bertz CT molecular complexity index is 1700. The summed E-state index contributed by atoms with van der Waals surface area (Å²) >= 11 is 8.58. The van der Waals surface area contributed by atoms with Crippen LogP contribution in [0.2, 0.25) is 5.02 Å². The smallest absolute Gasteiger partial charge is 0.409 e. The number of allylic oxidation sites excluding steroid dienone is 3. The zero-order chi connectivity index (χ0) is 41.9. The first-order valence-electron chi connectivity index (χ1n) is 19.1. The third-order valence-electron chi connectivity index (χ3n) is 11.0. The molecule has 4 bridgehead atoms. The highest BCUT2D eigenvalue weighted by atomic mass is 35.5. The molecule has 56 heavy (non-hydrogen) atoms. The van der Waals surface area contributed by atoms with Crippen molar-refractivity contribution in [3.05, 3.63) is 46.5 Å². The van der Waals surface area contributed by atoms with Gasteiger partial charge in [0.15, 0.2) is 5.72 Å². The Morgan fingerprint density at radius 1 is 1.21 bits per heavy atom. The largest absolute Gasteiger partial charge is 0.495 e. The number of carbonyl (C=O) groups is 4. The molecule has 0 spiro atoms. The number of fused-ring (bicyclic) bond motifs is 5. The maximum atomic E-state index is 14.2. The first kappa shape index (κ1) is 45.4. The van der Waals surface area contributed by atoms with Crippen LogP contribution in [-0.2, 0) is 39.8 Å². The van der Waals surface area contributed by atoms with Gasteiger partial charge in [-0.25, -0.2) is 9.59 Å². The average Bonchev–Trinajstić information content (AvgIpc) is 3.82. The number of alkyl carbamates (subject to hydrolysis) is 1. The quantitative estimate of drug-likeness (QED) is 0.204. The molecule has 2 fully saturated rings. The number of benzene rings is 1. The molecular formula is C41H60ClN3O10S. The molecule has 3 aliphatic rings. The first-order chi connectivity index (χ1) is 26.0. The number of esters is 1. The minimum Gasteiger partial charge on any atom is -0.495 e. The Labute approximate surface area is 340 Å². The molecule has 3 heterocycles. The number of nitrogens with zero attached hydrogens (tertiary/aromatic N) is 2. The number of rotatable bonds is 10. The van der Waals surface area contributed by atoms with Gasteiger partial charge in [-0.15, -0.1) is 0 Å². The molecule has 8 atom stereocenters. The van der Waals surface area contributed by atoms with Crippen molar-refractivity contribution >= 4 is 52.9 Å². The number of thioether (sulfide) groups is 1. The van der Waals surface area contributed by atoms with Gasteiger partial charge < -0.3 is 38.6 Å². The van der Waals surface area contributed by atoms with E-state index < -0.39 is 65.7 Å². The summed E-state index contributed by atoms with van der Waals surface area (Å²) in [5.41, 5.74) is -0.900. The third kappa shape index (κ3) is 10.6. The summed E-state index contributed by atoms with van der Waals surface area (Å²) < 4.78 is 29.2. The van der Waals surface area contributed by atoms with E-state index in [0.717, 1.165) is 11.1 Å². The Morgan fingerprint density at radius 3 is 2.52 bits per heavy atom. The van der Waals surface area contributed by atoms with Crippen molar-refractivity contribution in [3.8, 4) is 5.75 Å². The van der Waals surface area contributed by atoms with Gasteiger partial charge in [0.25, 0.3) is 0 Å². The second-order valence-electron chi connectivity index (χ2n) is 16.3. The fraction of sp³-hybridized carbons (Fsp3) is 0.659. The number of halogens is 1. The number of hydrogen-bond acceptors (Lipinski definition) is 11. The molecule has 3 aliphatic heterocycles. The number of hydrogen-bond donors (Lipinski definition) is 2. The topological polar surface area (TPSA) is 156 Å². The van der Waals surface area contributed by atoms with E-state index in [1.807, 2.05) is 19.9 Å². The molecule has 1 aromatic rings. The van der Waals surface area contributed by atoms with Crippen LogP contribution in [0.15, 0.2) is 35.9 Å². The van der Waals surface area contributed by atoms with Crippen molar-refractivity contribution < 1.29 is 48.0 Å². The zero-order valence-corrected chi connectivity index (χ0v) is 36.3. The molecule has 7 unspecified atom stereocenters. The monoisotopic (exact) mass is 821 g/mol. The predicted molar refractivity (Wildman–Crippen MR) is 217 cm³/mol. The minimum atomic E-state index is -1.83. The fourth-order valence-corrected chi connectivity index (χ4v) is 9.31. The molecule has 4 rings (SSSR count). The molecule has 0 aliphatic carbocycles. The van der Waals surface area contributed by atoms with Gasteiger partial charge in [-0.05, 0) is 56.6 Å². The number of nitrogens with one attached hydrogen (secondary N) is 1. The van der Waals surface area contributed by atoms with Gasteiger partial charge in [0, 0.05) is 44.7 Å². The van der Waals surface area contributed by atoms with E-state index in [1.54, 1.807) is 64.0 Å². The van der Waals surface area contributed by atoms with E-state index in [9.17, 15) is 24.3 Å². The maximum absolute atomic E-state index is 14.2. The predicted octanol–water partition coefficient (Wildman–Crippen LogP) is 6.21. The highest BCUT2D eigenvalue weighted by Gasteiger charge is 2.64.